The van der Waals surface area contributed by atoms with Gasteiger partial charge in [-0.3, -0.25) is 14.4 Å². The third-order valence-corrected chi connectivity index (χ3v) is 2.12. The number of carbonyl (C=O) groups excluding carboxylic acids is 2. The quantitative estimate of drug-likeness (QED) is 0.658. The summed E-state index contributed by atoms with van der Waals surface area (Å²) in [6, 6.07) is 0. The van der Waals surface area contributed by atoms with Crippen molar-refractivity contribution in [1.82, 2.24) is 0 Å². The summed E-state index contributed by atoms with van der Waals surface area (Å²) in [5, 5.41) is 8.72. The molecule has 0 fully saturated rings. The van der Waals surface area contributed by atoms with Gasteiger partial charge in [0.25, 0.3) is 0 Å². The first-order valence-corrected chi connectivity index (χ1v) is 4.60. The lowest BCUT2D eigenvalue weighted by atomic mass is 9.85. The topological polar surface area (TPSA) is 71.4 Å². The van der Waals surface area contributed by atoms with Crippen LogP contribution in [0.15, 0.2) is 0 Å². The molecule has 0 saturated carbocycles. The van der Waals surface area contributed by atoms with Crippen molar-refractivity contribution < 1.29 is 19.5 Å². The summed E-state index contributed by atoms with van der Waals surface area (Å²) in [5.74, 6) is -1.90. The van der Waals surface area contributed by atoms with Crippen LogP contribution < -0.4 is 0 Å². The third kappa shape index (κ3) is 3.28. The largest absolute Gasteiger partial charge is 0.481 e. The Hall–Kier alpha value is -1.19. The van der Waals surface area contributed by atoms with E-state index >= 15 is 0 Å². The molecule has 0 aliphatic carbocycles. The van der Waals surface area contributed by atoms with Crippen LogP contribution in [0.25, 0.3) is 0 Å². The van der Waals surface area contributed by atoms with Gasteiger partial charge in [0.1, 0.15) is 11.2 Å². The number of hydrogen-bond donors (Lipinski definition) is 1. The molecule has 0 rings (SSSR count). The highest BCUT2D eigenvalue weighted by Gasteiger charge is 2.36. The zero-order valence-electron chi connectivity index (χ0n) is 8.79. The van der Waals surface area contributed by atoms with Gasteiger partial charge in [0.05, 0.1) is 6.42 Å². The molecule has 14 heavy (non-hydrogen) atoms. The monoisotopic (exact) mass is 200 g/mol. The van der Waals surface area contributed by atoms with Crippen molar-refractivity contribution in [2.75, 3.05) is 0 Å². The predicted molar refractivity (Wildman–Crippen MR) is 51.0 cm³/mol. The number of carboxylic acid groups (broad SMARTS) is 1. The minimum Gasteiger partial charge on any atom is -0.481 e. The summed E-state index contributed by atoms with van der Waals surface area (Å²) in [6.07, 6.45) is 0.744. The molecule has 0 atom stereocenters. The van der Waals surface area contributed by atoms with Crippen LogP contribution in [0.4, 0.5) is 0 Å². The van der Waals surface area contributed by atoms with E-state index in [0.29, 0.717) is 12.8 Å². The number of Topliss-reactive ketones (excluding diaryl/α,β-unsaturated/α-hetero) is 2. The molecule has 0 aromatic carbocycles. The Morgan fingerprint density at radius 2 is 1.71 bits per heavy atom. The van der Waals surface area contributed by atoms with Gasteiger partial charge in [0.2, 0.25) is 0 Å². The van der Waals surface area contributed by atoms with Crippen LogP contribution in [-0.4, -0.2) is 22.6 Å². The lowest BCUT2D eigenvalue weighted by Gasteiger charge is -2.16. The van der Waals surface area contributed by atoms with E-state index in [0.717, 1.165) is 0 Å². The van der Waals surface area contributed by atoms with E-state index in [1.807, 2.05) is 6.92 Å². The summed E-state index contributed by atoms with van der Waals surface area (Å²) in [4.78, 5) is 33.2. The maximum atomic E-state index is 11.4. The first kappa shape index (κ1) is 12.8. The zero-order chi connectivity index (χ0) is 11.4. The highest BCUT2D eigenvalue weighted by atomic mass is 16.4. The SMILES string of the molecule is CCCC(=O)CC(=O)C(C)(C)C(=O)O. The second-order valence-electron chi connectivity index (χ2n) is 3.82. The van der Waals surface area contributed by atoms with Crippen molar-refractivity contribution in [3.05, 3.63) is 0 Å². The molecule has 0 saturated heterocycles. The summed E-state index contributed by atoms with van der Waals surface area (Å²) in [5.41, 5.74) is -1.45. The van der Waals surface area contributed by atoms with Crippen molar-refractivity contribution >= 4 is 17.5 Å². The normalized spacial score (nSPS) is 11.1. The van der Waals surface area contributed by atoms with Crippen LogP contribution in [0, 0.1) is 5.41 Å². The summed E-state index contributed by atoms with van der Waals surface area (Å²) in [6.45, 7) is 4.47. The number of hydrogen-bond acceptors (Lipinski definition) is 3. The lowest BCUT2D eigenvalue weighted by Crippen LogP contribution is -2.34. The lowest BCUT2D eigenvalue weighted by molar-refractivity contribution is -0.152. The highest BCUT2D eigenvalue weighted by molar-refractivity contribution is 6.09. The smallest absolute Gasteiger partial charge is 0.316 e. The maximum absolute atomic E-state index is 11.4. The summed E-state index contributed by atoms with van der Waals surface area (Å²) >= 11 is 0. The van der Waals surface area contributed by atoms with Gasteiger partial charge >= 0.3 is 5.97 Å². The first-order valence-electron chi connectivity index (χ1n) is 4.60. The van der Waals surface area contributed by atoms with Crippen LogP contribution in [0.1, 0.15) is 40.0 Å². The minimum absolute atomic E-state index is 0.188. The summed E-state index contributed by atoms with van der Waals surface area (Å²) < 4.78 is 0. The average molecular weight is 200 g/mol. The first-order chi connectivity index (χ1) is 6.32. The molecule has 80 valence electrons. The molecule has 0 unspecified atom stereocenters. The molecule has 0 aromatic heterocycles. The predicted octanol–water partition coefficient (Wildman–Crippen LogP) is 1.43. The number of rotatable bonds is 6. The van der Waals surface area contributed by atoms with Crippen LogP contribution in [0.3, 0.4) is 0 Å². The molecule has 4 nitrogen and oxygen atoms in total. The Bertz CT molecular complexity index is 253. The van der Waals surface area contributed by atoms with E-state index in [2.05, 4.69) is 0 Å². The van der Waals surface area contributed by atoms with Gasteiger partial charge in [0.15, 0.2) is 5.78 Å². The third-order valence-electron chi connectivity index (χ3n) is 2.12. The Balaban J connectivity index is 4.35. The molecule has 0 spiro atoms. The molecule has 0 bridgehead atoms. The average Bonchev–Trinajstić information content (AvgIpc) is 2.03. The van der Waals surface area contributed by atoms with E-state index in [1.54, 1.807) is 0 Å². The summed E-state index contributed by atoms with van der Waals surface area (Å²) in [7, 11) is 0. The van der Waals surface area contributed by atoms with Crippen molar-refractivity contribution in [2.45, 2.75) is 40.0 Å². The second-order valence-corrected chi connectivity index (χ2v) is 3.82. The molecule has 1 N–H and O–H groups in total. The molecule has 0 radical (unpaired) electrons. The van der Waals surface area contributed by atoms with E-state index in [4.69, 9.17) is 5.11 Å². The van der Waals surface area contributed by atoms with Crippen LogP contribution in [0.5, 0.6) is 0 Å². The van der Waals surface area contributed by atoms with Gasteiger partial charge in [-0.1, -0.05) is 6.92 Å². The van der Waals surface area contributed by atoms with E-state index in [1.165, 1.54) is 13.8 Å². The van der Waals surface area contributed by atoms with Crippen molar-refractivity contribution in [3.8, 4) is 0 Å². The van der Waals surface area contributed by atoms with Crippen molar-refractivity contribution in [2.24, 2.45) is 5.41 Å². The molecule has 0 amide bonds. The number of aliphatic carboxylic acids is 1. The van der Waals surface area contributed by atoms with Gasteiger partial charge in [-0.2, -0.15) is 0 Å². The van der Waals surface area contributed by atoms with Crippen LogP contribution in [0.2, 0.25) is 0 Å². The van der Waals surface area contributed by atoms with Gasteiger partial charge in [-0.25, -0.2) is 0 Å². The zero-order valence-corrected chi connectivity index (χ0v) is 8.79. The molecule has 0 aliphatic rings. The van der Waals surface area contributed by atoms with Crippen molar-refractivity contribution in [3.63, 3.8) is 0 Å². The Morgan fingerprint density at radius 1 is 1.21 bits per heavy atom. The van der Waals surface area contributed by atoms with Gasteiger partial charge in [-0.05, 0) is 20.3 Å². The fraction of sp³-hybridized carbons (Fsp3) is 0.700. The Morgan fingerprint density at radius 3 is 2.07 bits per heavy atom. The second kappa shape index (κ2) is 4.88. The molecular formula is C10H16O4. The fourth-order valence-corrected chi connectivity index (χ4v) is 0.887. The van der Waals surface area contributed by atoms with Gasteiger partial charge in [-0.15, -0.1) is 0 Å². The Labute approximate surface area is 83.3 Å². The highest BCUT2D eigenvalue weighted by Crippen LogP contribution is 2.19. The number of carbonyl (C=O) groups is 3. The molecule has 0 aromatic rings. The molecule has 4 heteroatoms. The molecular weight excluding hydrogens is 184 g/mol. The molecule has 0 aliphatic heterocycles. The standard InChI is InChI=1S/C10H16O4/c1-4-5-7(11)6-8(12)10(2,3)9(13)14/h4-6H2,1-3H3,(H,13,14). The van der Waals surface area contributed by atoms with Gasteiger partial charge < -0.3 is 5.11 Å². The van der Waals surface area contributed by atoms with E-state index in [-0.39, 0.29) is 12.2 Å². The molecule has 0 heterocycles. The van der Waals surface area contributed by atoms with E-state index < -0.39 is 17.2 Å². The minimum atomic E-state index is -1.45. The maximum Gasteiger partial charge on any atom is 0.316 e. The van der Waals surface area contributed by atoms with E-state index in [9.17, 15) is 14.4 Å². The number of ketones is 2. The number of carboxylic acids is 1. The Kier molecular flexibility index (Phi) is 4.47. The van der Waals surface area contributed by atoms with Gasteiger partial charge in [0, 0.05) is 6.42 Å². The fourth-order valence-electron chi connectivity index (χ4n) is 0.887. The van der Waals surface area contributed by atoms with Crippen molar-refractivity contribution in [1.29, 1.82) is 0 Å². The van der Waals surface area contributed by atoms with Crippen LogP contribution in [-0.2, 0) is 14.4 Å². The van der Waals surface area contributed by atoms with Crippen LogP contribution >= 0.6 is 0 Å².